The Hall–Kier alpha value is -6.08. The molecule has 4 aromatic carbocycles. The van der Waals surface area contributed by atoms with Crippen LogP contribution in [0.5, 0.6) is 0 Å². The van der Waals surface area contributed by atoms with Crippen LogP contribution < -0.4 is 15.2 Å². The van der Waals surface area contributed by atoms with Crippen molar-refractivity contribution in [3.63, 3.8) is 0 Å². The molecule has 0 spiro atoms. The molecule has 0 atom stereocenters. The van der Waals surface area contributed by atoms with Crippen LogP contribution in [0.3, 0.4) is 0 Å². The fourth-order valence-electron chi connectivity index (χ4n) is 8.11. The molecule has 0 bridgehead atoms. The third-order valence-corrected chi connectivity index (χ3v) is 11.2. The van der Waals surface area contributed by atoms with Crippen LogP contribution in [0.15, 0.2) is 84.9 Å². The van der Waals surface area contributed by atoms with Crippen molar-refractivity contribution in [2.75, 3.05) is 24.7 Å². The first-order valence-corrected chi connectivity index (χ1v) is 18.8. The molecule has 292 valence electrons. The molecule has 2 N–H and O–H groups in total. The largest absolute Gasteiger partial charge is 0.340 e. The predicted molar refractivity (Wildman–Crippen MR) is 213 cm³/mol. The molecule has 4 heterocycles. The van der Waals surface area contributed by atoms with Crippen LogP contribution >= 0.6 is 11.6 Å². The summed E-state index contributed by atoms with van der Waals surface area (Å²) in [5, 5.41) is 7.41. The summed E-state index contributed by atoms with van der Waals surface area (Å²) in [4.78, 5) is 35.8. The number of hydrogen-bond donors (Lipinski definition) is 2. The average molecular weight is 794 g/mol. The molecule has 2 aliphatic heterocycles. The van der Waals surface area contributed by atoms with Gasteiger partial charge >= 0.3 is 0 Å². The van der Waals surface area contributed by atoms with Gasteiger partial charge in [-0.15, -0.1) is 0 Å². The minimum Gasteiger partial charge on any atom is -0.340 e. The van der Waals surface area contributed by atoms with E-state index < -0.39 is 22.7 Å². The van der Waals surface area contributed by atoms with Crippen LogP contribution in [0, 0.1) is 24.4 Å². The van der Waals surface area contributed by atoms with Crippen LogP contribution in [0.25, 0.3) is 28.2 Å². The van der Waals surface area contributed by atoms with Gasteiger partial charge in [0.2, 0.25) is 11.7 Å². The van der Waals surface area contributed by atoms with Gasteiger partial charge in [-0.2, -0.15) is 0 Å². The number of halogens is 4. The van der Waals surface area contributed by atoms with Gasteiger partial charge in [0, 0.05) is 37.0 Å². The van der Waals surface area contributed by atoms with Crippen molar-refractivity contribution in [3.8, 4) is 28.2 Å². The highest BCUT2D eigenvalue weighted by Gasteiger charge is 2.49. The predicted octanol–water partition coefficient (Wildman–Crippen LogP) is 8.58. The van der Waals surface area contributed by atoms with E-state index in [4.69, 9.17) is 16.6 Å². The normalized spacial score (nSPS) is 15.8. The van der Waals surface area contributed by atoms with E-state index in [-0.39, 0.29) is 30.7 Å². The van der Waals surface area contributed by atoms with E-state index in [0.29, 0.717) is 73.4 Å². The summed E-state index contributed by atoms with van der Waals surface area (Å²) in [6.07, 6.45) is 0. The number of imidazole rings is 2. The number of fused-ring (bicyclic) bond motifs is 2. The number of amides is 2. The molecule has 0 fully saturated rings. The Morgan fingerprint density at radius 3 is 2.00 bits per heavy atom. The summed E-state index contributed by atoms with van der Waals surface area (Å²) < 4.78 is 48.9. The van der Waals surface area contributed by atoms with E-state index in [0.717, 1.165) is 0 Å². The number of hydrogen-bond acceptors (Lipinski definition) is 5. The molecular formula is C43H41ClF3N8O2+. The van der Waals surface area contributed by atoms with Crippen LogP contribution in [0.2, 0.25) is 5.02 Å². The molecule has 8 rings (SSSR count). The highest BCUT2D eigenvalue weighted by atomic mass is 35.5. The van der Waals surface area contributed by atoms with Crippen molar-refractivity contribution in [1.29, 1.82) is 0 Å². The summed E-state index contributed by atoms with van der Waals surface area (Å²) in [5.41, 5.74) is 2.35. The maximum Gasteiger partial charge on any atom is 0.268 e. The number of carbonyl (C=O) groups is 2. The summed E-state index contributed by atoms with van der Waals surface area (Å²) in [7, 11) is 3.47. The molecule has 2 aliphatic rings. The third kappa shape index (κ3) is 6.20. The summed E-state index contributed by atoms with van der Waals surface area (Å²) in [6.45, 7) is 9.44. The smallest absolute Gasteiger partial charge is 0.268 e. The zero-order valence-corrected chi connectivity index (χ0v) is 33.3. The van der Waals surface area contributed by atoms with E-state index in [1.807, 2.05) is 53.5 Å². The molecule has 2 amide bonds. The van der Waals surface area contributed by atoms with Gasteiger partial charge in [0.15, 0.2) is 11.2 Å². The lowest BCUT2D eigenvalue weighted by atomic mass is 10.00. The lowest BCUT2D eigenvalue weighted by Gasteiger charge is -2.37. The highest BCUT2D eigenvalue weighted by Crippen LogP contribution is 2.42. The van der Waals surface area contributed by atoms with E-state index in [2.05, 4.69) is 10.6 Å². The van der Waals surface area contributed by atoms with Crippen molar-refractivity contribution in [2.45, 2.75) is 58.8 Å². The van der Waals surface area contributed by atoms with E-state index in [9.17, 15) is 22.8 Å². The van der Waals surface area contributed by atoms with Gasteiger partial charge < -0.3 is 15.1 Å². The van der Waals surface area contributed by atoms with Crippen molar-refractivity contribution < 1.29 is 27.3 Å². The number of nitrogens with one attached hydrogen (secondary N) is 2. The Bertz CT molecular complexity index is 2610. The molecule has 0 aliphatic carbocycles. The number of carbonyl (C=O) groups excluding carboxylic acids is 2. The second-order valence-corrected chi connectivity index (χ2v) is 16.1. The highest BCUT2D eigenvalue weighted by molar-refractivity contribution is 6.32. The lowest BCUT2D eigenvalue weighted by Crippen LogP contribution is -2.67. The van der Waals surface area contributed by atoms with Crippen molar-refractivity contribution in [1.82, 2.24) is 23.9 Å². The zero-order chi connectivity index (χ0) is 40.7. The van der Waals surface area contributed by atoms with Gasteiger partial charge in [0.25, 0.3) is 11.7 Å². The Balaban J connectivity index is 1.37. The Labute approximate surface area is 333 Å². The van der Waals surface area contributed by atoms with Gasteiger partial charge in [0.05, 0.1) is 17.3 Å². The Morgan fingerprint density at radius 1 is 0.754 bits per heavy atom. The average Bonchev–Trinajstić information content (AvgIpc) is 3.68. The lowest BCUT2D eigenvalue weighted by molar-refractivity contribution is -0.741. The van der Waals surface area contributed by atoms with E-state index in [1.165, 1.54) is 30.3 Å². The fraction of sp³-hybridized carbons (Fsp3) is 0.256. The maximum absolute atomic E-state index is 14.5. The number of rotatable bonds is 7. The molecule has 0 saturated carbocycles. The first-order chi connectivity index (χ1) is 27.0. The molecule has 0 unspecified atom stereocenters. The number of aryl methyl sites for hydroxylation is 1. The molecule has 2 aromatic heterocycles. The number of aromatic nitrogens is 4. The number of benzene rings is 4. The van der Waals surface area contributed by atoms with Crippen molar-refractivity contribution in [3.05, 3.63) is 125 Å². The standard InChI is InChI=1S/C43H41ClF3N8O2/c1-24-20-29(17-19-32(24)47)49-39-37(26-10-14-28(46)15-11-26)53(35-23-52(7)41(57)43(4,5)55(35)39)33-21-30(16-18-31(33)44)48-38-36(25-8-12-27(45)13-9-25)50-34-22-51(6)40(56)42(2,3)54(34)38/h8-21,48-49H,22-23H2,1-7H3/q+1. The summed E-state index contributed by atoms with van der Waals surface area (Å²) >= 11 is 7.16. The van der Waals surface area contributed by atoms with Gasteiger partial charge in [0.1, 0.15) is 52.6 Å². The van der Waals surface area contributed by atoms with E-state index >= 15 is 0 Å². The van der Waals surface area contributed by atoms with Crippen molar-refractivity contribution >= 4 is 46.4 Å². The summed E-state index contributed by atoms with van der Waals surface area (Å²) in [5.74, 6) is 0.960. The third-order valence-electron chi connectivity index (χ3n) is 10.9. The minimum atomic E-state index is -1.12. The zero-order valence-electron chi connectivity index (χ0n) is 32.5. The van der Waals surface area contributed by atoms with Gasteiger partial charge in [-0.1, -0.05) is 11.6 Å². The quantitative estimate of drug-likeness (QED) is 0.158. The molecule has 14 heteroatoms. The molecule has 6 aromatic rings. The SMILES string of the molecule is Cc1cc(Nc2c(-c3ccc(F)cc3)n(-c3cc(Nc4c(-c5ccc(F)cc5)nc5n4C(C)(C)C(=O)N(C)C5)ccc3Cl)c3[n+]2C(C)(C)C(=O)N(C)C3)ccc1F. The molecule has 10 nitrogen and oxygen atoms in total. The van der Waals surface area contributed by atoms with Crippen molar-refractivity contribution in [2.24, 2.45) is 0 Å². The fourth-order valence-corrected chi connectivity index (χ4v) is 8.31. The van der Waals surface area contributed by atoms with Crippen LogP contribution in [-0.2, 0) is 33.8 Å². The molecular weight excluding hydrogens is 753 g/mol. The minimum absolute atomic E-state index is 0.101. The Kier molecular flexibility index (Phi) is 8.99. The van der Waals surface area contributed by atoms with Gasteiger partial charge in [-0.05, 0) is 119 Å². The van der Waals surface area contributed by atoms with Gasteiger partial charge in [-0.25, -0.2) is 27.3 Å². The van der Waals surface area contributed by atoms with Crippen LogP contribution in [0.1, 0.15) is 44.9 Å². The molecule has 0 radical (unpaired) electrons. The topological polar surface area (TPSA) is 91.3 Å². The number of anilines is 4. The number of likely N-dealkylation sites (N-methyl/N-ethyl adjacent to an activating group) is 2. The van der Waals surface area contributed by atoms with Gasteiger partial charge in [-0.3, -0.25) is 19.5 Å². The second-order valence-electron chi connectivity index (χ2n) is 15.7. The first-order valence-electron chi connectivity index (χ1n) is 18.4. The first kappa shape index (κ1) is 37.8. The molecule has 0 saturated heterocycles. The Morgan fingerprint density at radius 2 is 1.35 bits per heavy atom. The van der Waals surface area contributed by atoms with Crippen LogP contribution in [0.4, 0.5) is 36.2 Å². The maximum atomic E-state index is 14.5. The molecule has 57 heavy (non-hydrogen) atoms. The number of nitrogens with zero attached hydrogens (tertiary/aromatic N) is 6. The summed E-state index contributed by atoms with van der Waals surface area (Å²) in [6, 6.07) is 22.2. The second kappa shape index (κ2) is 13.5. The monoisotopic (exact) mass is 793 g/mol. The van der Waals surface area contributed by atoms with E-state index in [1.54, 1.807) is 73.3 Å². The van der Waals surface area contributed by atoms with Crippen LogP contribution in [-0.4, -0.2) is 49.8 Å².